The number of benzene rings is 1. The summed E-state index contributed by atoms with van der Waals surface area (Å²) in [7, 11) is 0. The first kappa shape index (κ1) is 17.1. The zero-order chi connectivity index (χ0) is 15.8. The van der Waals surface area contributed by atoms with E-state index in [-0.39, 0.29) is 0 Å². The van der Waals surface area contributed by atoms with E-state index in [9.17, 15) is 9.59 Å². The summed E-state index contributed by atoms with van der Waals surface area (Å²) in [5.74, 6) is -3.54. The predicted molar refractivity (Wildman–Crippen MR) is 74.0 cm³/mol. The molecule has 0 radical (unpaired) electrons. The average molecular weight is 297 g/mol. The number of fused-ring (bicyclic) bond motifs is 1. The zero-order valence-electron chi connectivity index (χ0n) is 11.4. The van der Waals surface area contributed by atoms with Crippen LogP contribution in [0.4, 0.5) is 0 Å². The number of hydrogen-bond acceptors (Lipinski definition) is 5. The molecule has 7 nitrogen and oxygen atoms in total. The standard InChI is InChI=1S/C10H13N.C4H6O6/c1-2-4-10-6-8-11-7-5-9(10)3-1;5-1(3(7)8)2(6)4(9)10/h1-4,11H,5-8H2;1-2,5-6H,(H,7,8)(H,9,10)/t;1-,2-/m.1/s1. The summed E-state index contributed by atoms with van der Waals surface area (Å²) in [6.07, 6.45) is -2.15. The Morgan fingerprint density at radius 3 is 1.62 bits per heavy atom. The first-order valence-corrected chi connectivity index (χ1v) is 6.52. The Morgan fingerprint density at radius 2 is 1.29 bits per heavy atom. The molecular formula is C14H19NO6. The largest absolute Gasteiger partial charge is 0.479 e. The topological polar surface area (TPSA) is 127 Å². The average Bonchev–Trinajstić information content (AvgIpc) is 2.71. The summed E-state index contributed by atoms with van der Waals surface area (Å²) in [5.41, 5.74) is 3.05. The molecule has 1 aromatic carbocycles. The van der Waals surface area contributed by atoms with Crippen molar-refractivity contribution in [3.05, 3.63) is 35.4 Å². The minimum atomic E-state index is -2.27. The Hall–Kier alpha value is -1.96. The Bertz CT molecular complexity index is 447. The Labute approximate surface area is 121 Å². The van der Waals surface area contributed by atoms with Crippen molar-refractivity contribution in [3.63, 3.8) is 0 Å². The number of carbonyl (C=O) groups is 2. The second kappa shape index (κ2) is 8.35. The van der Waals surface area contributed by atoms with E-state index in [0.717, 1.165) is 13.1 Å². The fourth-order valence-corrected chi connectivity index (χ4v) is 1.89. The molecule has 1 aliphatic rings. The Balaban J connectivity index is 0.000000212. The van der Waals surface area contributed by atoms with Crippen LogP contribution in [-0.2, 0) is 22.4 Å². The molecular weight excluding hydrogens is 278 g/mol. The van der Waals surface area contributed by atoms with Crippen LogP contribution < -0.4 is 5.32 Å². The molecule has 5 N–H and O–H groups in total. The summed E-state index contributed by atoms with van der Waals surface area (Å²) in [4.78, 5) is 19.5. The van der Waals surface area contributed by atoms with E-state index in [2.05, 4.69) is 29.6 Å². The third-order valence-electron chi connectivity index (χ3n) is 3.07. The van der Waals surface area contributed by atoms with Gasteiger partial charge in [0.25, 0.3) is 0 Å². The molecule has 2 atom stereocenters. The van der Waals surface area contributed by atoms with E-state index in [1.165, 1.54) is 24.0 Å². The number of carboxylic acids is 2. The number of rotatable bonds is 3. The summed E-state index contributed by atoms with van der Waals surface area (Å²) in [5, 5.41) is 35.9. The maximum Gasteiger partial charge on any atom is 0.335 e. The van der Waals surface area contributed by atoms with E-state index in [1.807, 2.05) is 0 Å². The van der Waals surface area contributed by atoms with Crippen molar-refractivity contribution in [1.29, 1.82) is 0 Å². The van der Waals surface area contributed by atoms with Crippen molar-refractivity contribution in [2.24, 2.45) is 0 Å². The summed E-state index contributed by atoms with van der Waals surface area (Å²) in [6.45, 7) is 2.27. The van der Waals surface area contributed by atoms with Gasteiger partial charge in [-0.05, 0) is 37.1 Å². The molecule has 1 heterocycles. The van der Waals surface area contributed by atoms with Crippen LogP contribution in [0, 0.1) is 0 Å². The van der Waals surface area contributed by atoms with Crippen molar-refractivity contribution >= 4 is 11.9 Å². The number of nitrogens with one attached hydrogen (secondary N) is 1. The molecule has 2 rings (SSSR count). The van der Waals surface area contributed by atoms with Gasteiger partial charge in [0.05, 0.1) is 0 Å². The molecule has 0 aromatic heterocycles. The van der Waals surface area contributed by atoms with Gasteiger partial charge in [-0.3, -0.25) is 0 Å². The molecule has 0 amide bonds. The summed E-state index contributed by atoms with van der Waals surface area (Å²) < 4.78 is 0. The van der Waals surface area contributed by atoms with E-state index in [0.29, 0.717) is 0 Å². The highest BCUT2D eigenvalue weighted by atomic mass is 16.4. The van der Waals surface area contributed by atoms with Crippen molar-refractivity contribution in [2.75, 3.05) is 13.1 Å². The Kier molecular flexibility index (Phi) is 6.80. The van der Waals surface area contributed by atoms with E-state index in [1.54, 1.807) is 0 Å². The molecule has 0 spiro atoms. The third kappa shape index (κ3) is 5.50. The van der Waals surface area contributed by atoms with Crippen LogP contribution in [0.5, 0.6) is 0 Å². The first-order valence-electron chi connectivity index (χ1n) is 6.52. The SMILES string of the molecule is O=C(O)[C@H](O)[C@@H](O)C(=O)O.c1ccc2c(c1)CCNCC2. The minimum Gasteiger partial charge on any atom is -0.479 e. The number of aliphatic hydroxyl groups excluding tert-OH is 2. The van der Waals surface area contributed by atoms with Gasteiger partial charge in [0.2, 0.25) is 0 Å². The highest BCUT2D eigenvalue weighted by Gasteiger charge is 2.29. The molecule has 1 aliphatic heterocycles. The minimum absolute atomic E-state index is 1.14. The monoisotopic (exact) mass is 297 g/mol. The number of aliphatic hydroxyl groups is 2. The van der Waals surface area contributed by atoms with Crippen LogP contribution in [0.1, 0.15) is 11.1 Å². The van der Waals surface area contributed by atoms with E-state index in [4.69, 9.17) is 20.4 Å². The highest BCUT2D eigenvalue weighted by Crippen LogP contribution is 2.11. The van der Waals surface area contributed by atoms with Crippen LogP contribution >= 0.6 is 0 Å². The zero-order valence-corrected chi connectivity index (χ0v) is 11.4. The van der Waals surface area contributed by atoms with E-state index >= 15 is 0 Å². The molecule has 0 fully saturated rings. The van der Waals surface area contributed by atoms with Crippen LogP contribution in [0.2, 0.25) is 0 Å². The lowest BCUT2D eigenvalue weighted by atomic mass is 10.0. The number of hydrogen-bond donors (Lipinski definition) is 5. The maximum absolute atomic E-state index is 9.77. The third-order valence-corrected chi connectivity index (χ3v) is 3.07. The lowest BCUT2D eigenvalue weighted by Gasteiger charge is -2.07. The summed E-state index contributed by atoms with van der Waals surface area (Å²) in [6, 6.07) is 8.74. The fraction of sp³-hybridized carbons (Fsp3) is 0.429. The molecule has 0 saturated carbocycles. The van der Waals surface area contributed by atoms with Crippen molar-refractivity contribution < 1.29 is 30.0 Å². The molecule has 7 heteroatoms. The maximum atomic E-state index is 9.77. The Morgan fingerprint density at radius 1 is 0.905 bits per heavy atom. The predicted octanol–water partition coefficient (Wildman–Crippen LogP) is -0.748. The molecule has 116 valence electrons. The van der Waals surface area contributed by atoms with Crippen molar-refractivity contribution in [2.45, 2.75) is 25.0 Å². The molecule has 1 aromatic rings. The van der Waals surface area contributed by atoms with Crippen molar-refractivity contribution in [1.82, 2.24) is 5.32 Å². The smallest absolute Gasteiger partial charge is 0.335 e. The van der Waals surface area contributed by atoms with Gasteiger partial charge in [-0.15, -0.1) is 0 Å². The lowest BCUT2D eigenvalue weighted by Crippen LogP contribution is -2.39. The molecule has 0 bridgehead atoms. The van der Waals surface area contributed by atoms with Crippen LogP contribution in [0.25, 0.3) is 0 Å². The molecule has 0 saturated heterocycles. The highest BCUT2D eigenvalue weighted by molar-refractivity contribution is 5.83. The number of carboxylic acid groups (broad SMARTS) is 2. The van der Waals surface area contributed by atoms with Crippen LogP contribution in [-0.4, -0.2) is 57.7 Å². The van der Waals surface area contributed by atoms with Gasteiger partial charge < -0.3 is 25.7 Å². The second-order valence-corrected chi connectivity index (χ2v) is 4.58. The quantitative estimate of drug-likeness (QED) is 0.497. The van der Waals surface area contributed by atoms with Gasteiger partial charge >= 0.3 is 11.9 Å². The van der Waals surface area contributed by atoms with Crippen molar-refractivity contribution in [3.8, 4) is 0 Å². The molecule has 21 heavy (non-hydrogen) atoms. The lowest BCUT2D eigenvalue weighted by molar-refractivity contribution is -0.165. The van der Waals surface area contributed by atoms with Gasteiger partial charge in [-0.25, -0.2) is 9.59 Å². The second-order valence-electron chi connectivity index (χ2n) is 4.58. The van der Waals surface area contributed by atoms with Crippen LogP contribution in [0.3, 0.4) is 0 Å². The summed E-state index contributed by atoms with van der Waals surface area (Å²) >= 11 is 0. The first-order chi connectivity index (χ1) is 9.93. The fourth-order valence-electron chi connectivity index (χ4n) is 1.89. The van der Waals surface area contributed by atoms with Gasteiger partial charge in [0.1, 0.15) is 0 Å². The van der Waals surface area contributed by atoms with Gasteiger partial charge in [0, 0.05) is 0 Å². The van der Waals surface area contributed by atoms with Gasteiger partial charge in [-0.1, -0.05) is 24.3 Å². The van der Waals surface area contributed by atoms with Crippen LogP contribution in [0.15, 0.2) is 24.3 Å². The number of aliphatic carboxylic acids is 2. The molecule has 0 aliphatic carbocycles. The normalized spacial score (nSPS) is 16.5. The molecule has 0 unspecified atom stereocenters. The van der Waals surface area contributed by atoms with Gasteiger partial charge in [0.15, 0.2) is 12.2 Å². The van der Waals surface area contributed by atoms with Gasteiger partial charge in [-0.2, -0.15) is 0 Å². The van der Waals surface area contributed by atoms with E-state index < -0.39 is 24.1 Å².